The summed E-state index contributed by atoms with van der Waals surface area (Å²) in [6, 6.07) is 10.3. The maximum Gasteiger partial charge on any atom is 0.243 e. The minimum atomic E-state index is -0.0168. The predicted octanol–water partition coefficient (Wildman–Crippen LogP) is 1.73. The minimum Gasteiger partial charge on any atom is -0.359 e. The molecule has 0 aliphatic carbocycles. The van der Waals surface area contributed by atoms with Gasteiger partial charge in [0.2, 0.25) is 11.8 Å². The average Bonchev–Trinajstić information content (AvgIpc) is 2.71. The molecule has 2 amide bonds. The van der Waals surface area contributed by atoms with Crippen LogP contribution in [0.5, 0.6) is 0 Å². The molecule has 0 saturated carbocycles. The third-order valence-corrected chi connectivity index (χ3v) is 5.07. The van der Waals surface area contributed by atoms with E-state index in [2.05, 4.69) is 32.7 Å². The number of hydrogen-bond acceptors (Lipinski definition) is 3. The third kappa shape index (κ3) is 9.01. The molecule has 7 nitrogen and oxygen atoms in total. The number of halogens is 1. The monoisotopic (exact) mass is 515 g/mol. The molecule has 0 radical (unpaired) electrons. The molecule has 0 unspecified atom stereocenters. The third-order valence-electron chi connectivity index (χ3n) is 5.07. The normalized spacial score (nSPS) is 14.7. The molecule has 29 heavy (non-hydrogen) atoms. The molecule has 0 atom stereocenters. The highest BCUT2D eigenvalue weighted by atomic mass is 127. The molecule has 1 fully saturated rings. The van der Waals surface area contributed by atoms with Crippen LogP contribution in [0.4, 0.5) is 0 Å². The molecular formula is C21H34IN5O2. The molecule has 1 aromatic carbocycles. The topological polar surface area (TPSA) is 77.0 Å². The van der Waals surface area contributed by atoms with Crippen molar-refractivity contribution >= 4 is 41.8 Å². The Morgan fingerprint density at radius 1 is 1.17 bits per heavy atom. The van der Waals surface area contributed by atoms with E-state index in [4.69, 9.17) is 0 Å². The molecule has 1 aliphatic rings. The largest absolute Gasteiger partial charge is 0.359 e. The summed E-state index contributed by atoms with van der Waals surface area (Å²) in [6.07, 6.45) is 3.38. The van der Waals surface area contributed by atoms with Crippen molar-refractivity contribution in [3.8, 4) is 0 Å². The lowest BCUT2D eigenvalue weighted by Crippen LogP contribution is -2.47. The van der Waals surface area contributed by atoms with Gasteiger partial charge < -0.3 is 20.4 Å². The molecule has 1 heterocycles. The first-order valence-electron chi connectivity index (χ1n) is 9.97. The second kappa shape index (κ2) is 13.4. The van der Waals surface area contributed by atoms with Gasteiger partial charge in [-0.15, -0.1) is 24.0 Å². The number of hydrogen-bond donors (Lipinski definition) is 2. The van der Waals surface area contributed by atoms with Crippen LogP contribution in [0.2, 0.25) is 0 Å². The standard InChI is InChI=1S/C21H33N5O2.HI/c1-22-19(27)15-18-10-13-26(14-11-18)21(24-16-20(28)25(2)3)23-12-9-17-7-5-4-6-8-17;/h4-8,18H,9-16H2,1-3H3,(H,22,27)(H,23,24);1H. The van der Waals surface area contributed by atoms with Crippen molar-refractivity contribution < 1.29 is 9.59 Å². The average molecular weight is 515 g/mol. The van der Waals surface area contributed by atoms with E-state index in [-0.39, 0.29) is 42.3 Å². The number of likely N-dealkylation sites (tertiary alicyclic amines) is 1. The number of piperidine rings is 1. The van der Waals surface area contributed by atoms with Crippen LogP contribution in [-0.4, -0.2) is 74.9 Å². The second-order valence-corrected chi connectivity index (χ2v) is 7.40. The SMILES string of the molecule is CNC(=O)CC1CCN(C(=NCC(=O)N(C)C)NCCc2ccccc2)CC1.I. The number of nitrogens with one attached hydrogen (secondary N) is 2. The second-order valence-electron chi connectivity index (χ2n) is 7.40. The lowest BCUT2D eigenvalue weighted by molar-refractivity contribution is -0.127. The zero-order valence-corrected chi connectivity index (χ0v) is 20.0. The van der Waals surface area contributed by atoms with Crippen molar-refractivity contribution in [2.75, 3.05) is 47.3 Å². The van der Waals surface area contributed by atoms with Gasteiger partial charge in [-0.2, -0.15) is 0 Å². The van der Waals surface area contributed by atoms with Crippen molar-refractivity contribution in [3.63, 3.8) is 0 Å². The van der Waals surface area contributed by atoms with Gasteiger partial charge >= 0.3 is 0 Å². The molecule has 2 rings (SSSR count). The van der Waals surface area contributed by atoms with Crippen LogP contribution < -0.4 is 10.6 Å². The first-order chi connectivity index (χ1) is 13.5. The van der Waals surface area contributed by atoms with Crippen molar-refractivity contribution in [3.05, 3.63) is 35.9 Å². The van der Waals surface area contributed by atoms with Crippen molar-refractivity contribution in [1.82, 2.24) is 20.4 Å². The molecule has 8 heteroatoms. The van der Waals surface area contributed by atoms with Crippen LogP contribution in [0, 0.1) is 5.92 Å². The summed E-state index contributed by atoms with van der Waals surface area (Å²) in [6.45, 7) is 2.58. The molecule has 1 aromatic rings. The number of benzene rings is 1. The Morgan fingerprint density at radius 2 is 1.83 bits per heavy atom. The summed E-state index contributed by atoms with van der Waals surface area (Å²) >= 11 is 0. The van der Waals surface area contributed by atoms with Crippen LogP contribution in [0.25, 0.3) is 0 Å². The van der Waals surface area contributed by atoms with Crippen LogP contribution in [0.1, 0.15) is 24.8 Å². The van der Waals surface area contributed by atoms with Crippen molar-refractivity contribution in [2.45, 2.75) is 25.7 Å². The Labute approximate surface area is 191 Å². The van der Waals surface area contributed by atoms with E-state index in [0.717, 1.165) is 44.9 Å². The number of amides is 2. The van der Waals surface area contributed by atoms with Gasteiger partial charge in [0.25, 0.3) is 0 Å². The molecule has 1 saturated heterocycles. The summed E-state index contributed by atoms with van der Waals surface area (Å²) in [5, 5.41) is 6.13. The fourth-order valence-electron chi connectivity index (χ4n) is 3.23. The highest BCUT2D eigenvalue weighted by Gasteiger charge is 2.23. The maximum atomic E-state index is 12.0. The van der Waals surface area contributed by atoms with E-state index in [0.29, 0.717) is 12.3 Å². The van der Waals surface area contributed by atoms with Gasteiger partial charge in [0.05, 0.1) is 0 Å². The fraction of sp³-hybridized carbons (Fsp3) is 0.571. The first kappa shape index (κ1) is 25.2. The first-order valence-corrected chi connectivity index (χ1v) is 9.97. The summed E-state index contributed by atoms with van der Waals surface area (Å²) in [4.78, 5) is 31.9. The van der Waals surface area contributed by atoms with Crippen LogP contribution in [0.15, 0.2) is 35.3 Å². The zero-order valence-electron chi connectivity index (χ0n) is 17.7. The Morgan fingerprint density at radius 3 is 2.41 bits per heavy atom. The molecule has 162 valence electrons. The summed E-state index contributed by atoms with van der Waals surface area (Å²) in [5.41, 5.74) is 1.27. The Bertz CT molecular complexity index is 658. The predicted molar refractivity (Wildman–Crippen MR) is 128 cm³/mol. The lowest BCUT2D eigenvalue weighted by Gasteiger charge is -2.34. The highest BCUT2D eigenvalue weighted by Crippen LogP contribution is 2.20. The summed E-state index contributed by atoms with van der Waals surface area (Å²) in [5.74, 6) is 1.27. The van der Waals surface area contributed by atoms with E-state index in [1.807, 2.05) is 18.2 Å². The van der Waals surface area contributed by atoms with Gasteiger partial charge in [-0.25, -0.2) is 4.99 Å². The molecular weight excluding hydrogens is 481 g/mol. The number of carbonyl (C=O) groups excluding carboxylic acids is 2. The zero-order chi connectivity index (χ0) is 20.4. The van der Waals surface area contributed by atoms with Gasteiger partial charge in [0, 0.05) is 47.2 Å². The molecule has 0 bridgehead atoms. The van der Waals surface area contributed by atoms with Gasteiger partial charge in [-0.3, -0.25) is 9.59 Å². The Hall–Kier alpha value is -1.84. The van der Waals surface area contributed by atoms with E-state index < -0.39 is 0 Å². The van der Waals surface area contributed by atoms with E-state index in [1.165, 1.54) is 5.56 Å². The molecule has 0 spiro atoms. The molecule has 1 aliphatic heterocycles. The van der Waals surface area contributed by atoms with Crippen LogP contribution >= 0.6 is 24.0 Å². The highest BCUT2D eigenvalue weighted by molar-refractivity contribution is 14.0. The number of likely N-dealkylation sites (N-methyl/N-ethyl adjacent to an activating group) is 1. The van der Waals surface area contributed by atoms with Crippen LogP contribution in [-0.2, 0) is 16.0 Å². The van der Waals surface area contributed by atoms with Crippen LogP contribution in [0.3, 0.4) is 0 Å². The Kier molecular flexibility index (Phi) is 11.6. The minimum absolute atomic E-state index is 0. The summed E-state index contributed by atoms with van der Waals surface area (Å²) < 4.78 is 0. The lowest BCUT2D eigenvalue weighted by atomic mass is 9.93. The number of nitrogens with zero attached hydrogens (tertiary/aromatic N) is 3. The van der Waals surface area contributed by atoms with Gasteiger partial charge in [-0.1, -0.05) is 30.3 Å². The number of rotatable bonds is 7. The number of guanidine groups is 1. The van der Waals surface area contributed by atoms with Crippen molar-refractivity contribution in [2.24, 2.45) is 10.9 Å². The van der Waals surface area contributed by atoms with Crippen molar-refractivity contribution in [1.29, 1.82) is 0 Å². The molecule has 0 aromatic heterocycles. The fourth-order valence-corrected chi connectivity index (χ4v) is 3.23. The van der Waals surface area contributed by atoms with Gasteiger partial charge in [0.1, 0.15) is 6.54 Å². The quantitative estimate of drug-likeness (QED) is 0.330. The summed E-state index contributed by atoms with van der Waals surface area (Å²) in [7, 11) is 5.16. The maximum absolute atomic E-state index is 12.0. The number of aliphatic imine (C=N–C) groups is 1. The smallest absolute Gasteiger partial charge is 0.243 e. The van der Waals surface area contributed by atoms with E-state index in [1.54, 1.807) is 26.0 Å². The van der Waals surface area contributed by atoms with E-state index >= 15 is 0 Å². The van der Waals surface area contributed by atoms with E-state index in [9.17, 15) is 9.59 Å². The number of carbonyl (C=O) groups is 2. The Balaban J connectivity index is 0.00000420. The molecule has 2 N–H and O–H groups in total. The van der Waals surface area contributed by atoms with Gasteiger partial charge in [0.15, 0.2) is 5.96 Å². The van der Waals surface area contributed by atoms with Gasteiger partial charge in [-0.05, 0) is 30.7 Å².